The maximum absolute atomic E-state index is 12.4. The van der Waals surface area contributed by atoms with Crippen molar-refractivity contribution in [3.63, 3.8) is 0 Å². The number of nitrogens with zero attached hydrogens (tertiary/aromatic N) is 2. The summed E-state index contributed by atoms with van der Waals surface area (Å²) in [6.45, 7) is 6.96. The van der Waals surface area contributed by atoms with Crippen LogP contribution >= 0.6 is 0 Å². The number of hydrogen-bond acceptors (Lipinski definition) is 10. The molecule has 0 saturated carbocycles. The number of methoxy groups -OCH3 is 2. The van der Waals surface area contributed by atoms with Gasteiger partial charge in [0.15, 0.2) is 11.5 Å². The highest BCUT2D eigenvalue weighted by molar-refractivity contribution is 7.98. The van der Waals surface area contributed by atoms with Gasteiger partial charge in [-0.2, -0.15) is 0 Å². The Labute approximate surface area is 231 Å². The molecule has 0 radical (unpaired) electrons. The first-order valence-corrected chi connectivity index (χ1v) is 14.3. The quantitative estimate of drug-likeness (QED) is 0.377. The lowest BCUT2D eigenvalue weighted by molar-refractivity contribution is -0.136. The molecule has 0 aromatic heterocycles. The Morgan fingerprint density at radius 3 is 1.35 bits per heavy atom. The van der Waals surface area contributed by atoms with Crippen LogP contribution in [0.5, 0.6) is 0 Å². The van der Waals surface area contributed by atoms with Crippen LogP contribution < -0.4 is 8.61 Å². The van der Waals surface area contributed by atoms with Crippen LogP contribution in [0.1, 0.15) is 11.1 Å². The Hall–Kier alpha value is -4.56. The zero-order valence-corrected chi connectivity index (χ0v) is 23.1. The highest BCUT2D eigenvalue weighted by Crippen LogP contribution is 2.39. The highest BCUT2D eigenvalue weighted by Gasteiger charge is 2.42. The van der Waals surface area contributed by atoms with Gasteiger partial charge in [0.1, 0.15) is 0 Å². The Morgan fingerprint density at radius 2 is 1.05 bits per heavy atom. The van der Waals surface area contributed by atoms with Gasteiger partial charge < -0.3 is 19.7 Å². The second-order valence-corrected chi connectivity index (χ2v) is 11.6. The molecule has 2 aromatic rings. The molecule has 0 atom stereocenters. The standard InChI is InChI=1S/2C13H13NO5S/c2*1-3-8-14-10-7-5-4-6-9(10)11(15)12(13(16)19-2)20(14,17)18/h2*3-7,15H,1,8H2,2H3. The third-order valence-corrected chi connectivity index (χ3v) is 9.32. The fourth-order valence-electron chi connectivity index (χ4n) is 3.97. The van der Waals surface area contributed by atoms with Crippen molar-refractivity contribution in [1.82, 2.24) is 0 Å². The van der Waals surface area contributed by atoms with E-state index < -0.39 is 53.3 Å². The first-order valence-electron chi connectivity index (χ1n) is 11.4. The van der Waals surface area contributed by atoms with Gasteiger partial charge in [-0.1, -0.05) is 36.4 Å². The molecule has 0 saturated heterocycles. The lowest BCUT2D eigenvalue weighted by Crippen LogP contribution is -2.38. The number of rotatable bonds is 6. The maximum Gasteiger partial charge on any atom is 0.355 e. The average molecular weight is 591 g/mol. The average Bonchev–Trinajstić information content (AvgIpc) is 2.93. The molecule has 0 aliphatic carbocycles. The summed E-state index contributed by atoms with van der Waals surface area (Å²) in [5, 5.41) is 20.2. The summed E-state index contributed by atoms with van der Waals surface area (Å²) in [5.74, 6) is -3.42. The molecule has 2 aliphatic heterocycles. The van der Waals surface area contributed by atoms with E-state index in [0.717, 1.165) is 22.8 Å². The molecule has 0 bridgehead atoms. The van der Waals surface area contributed by atoms with Gasteiger partial charge >= 0.3 is 11.9 Å². The lowest BCUT2D eigenvalue weighted by atomic mass is 10.1. The molecule has 0 fully saturated rings. The largest absolute Gasteiger partial charge is 0.506 e. The highest BCUT2D eigenvalue weighted by atomic mass is 32.2. The van der Waals surface area contributed by atoms with E-state index in [9.17, 15) is 36.6 Å². The Morgan fingerprint density at radius 1 is 0.725 bits per heavy atom. The second-order valence-electron chi connectivity index (χ2n) is 8.02. The minimum atomic E-state index is -4.18. The number of para-hydroxylation sites is 2. The lowest BCUT2D eigenvalue weighted by Gasteiger charge is -2.30. The minimum absolute atomic E-state index is 0.0207. The molecule has 2 aromatic carbocycles. The predicted molar refractivity (Wildman–Crippen MR) is 149 cm³/mol. The Kier molecular flexibility index (Phi) is 8.75. The maximum atomic E-state index is 12.4. The summed E-state index contributed by atoms with van der Waals surface area (Å²) < 4.78 is 60.6. The van der Waals surface area contributed by atoms with Gasteiger partial charge in [0.25, 0.3) is 20.0 Å². The smallest absolute Gasteiger partial charge is 0.355 e. The van der Waals surface area contributed by atoms with Crippen LogP contribution in [0, 0.1) is 0 Å². The molecule has 0 spiro atoms. The molecule has 4 rings (SSSR count). The third kappa shape index (κ3) is 5.05. The number of anilines is 2. The fourth-order valence-corrected chi connectivity index (χ4v) is 7.14. The SMILES string of the molecule is C=CCN1c2ccccc2C(O)=C(C(=O)OC)S1(=O)=O.C=CCN1c2ccccc2C(O)=C(C(=O)OC)S1(=O)=O. The number of benzene rings is 2. The summed E-state index contributed by atoms with van der Waals surface area (Å²) in [4.78, 5) is 21.8. The normalized spacial score (nSPS) is 16.6. The molecule has 2 heterocycles. The molecule has 12 nitrogen and oxygen atoms in total. The fraction of sp³-hybridized carbons (Fsp3) is 0.154. The van der Waals surface area contributed by atoms with Crippen molar-refractivity contribution in [3.05, 3.63) is 94.8 Å². The zero-order valence-electron chi connectivity index (χ0n) is 21.5. The molecule has 14 heteroatoms. The van der Waals surface area contributed by atoms with Crippen molar-refractivity contribution < 1.29 is 46.1 Å². The van der Waals surface area contributed by atoms with Gasteiger partial charge in [-0.3, -0.25) is 8.61 Å². The van der Waals surface area contributed by atoms with Crippen molar-refractivity contribution in [1.29, 1.82) is 0 Å². The van der Waals surface area contributed by atoms with Crippen molar-refractivity contribution in [2.24, 2.45) is 0 Å². The van der Waals surface area contributed by atoms with E-state index in [2.05, 4.69) is 22.6 Å². The molecule has 0 unspecified atom stereocenters. The zero-order chi connectivity index (χ0) is 29.8. The summed E-state index contributed by atoms with van der Waals surface area (Å²) in [7, 11) is -6.26. The molecule has 2 N–H and O–H groups in total. The van der Waals surface area contributed by atoms with Crippen LogP contribution in [0.2, 0.25) is 0 Å². The monoisotopic (exact) mass is 590 g/mol. The van der Waals surface area contributed by atoms with E-state index in [4.69, 9.17) is 0 Å². The third-order valence-electron chi connectivity index (χ3n) is 5.71. The van der Waals surface area contributed by atoms with Crippen LogP contribution in [0.25, 0.3) is 11.5 Å². The number of hydrogen-bond donors (Lipinski definition) is 2. The van der Waals surface area contributed by atoms with Crippen LogP contribution in [0.4, 0.5) is 11.4 Å². The van der Waals surface area contributed by atoms with Crippen LogP contribution in [-0.2, 0) is 39.1 Å². The van der Waals surface area contributed by atoms with E-state index in [0.29, 0.717) is 0 Å². The minimum Gasteiger partial charge on any atom is -0.506 e. The molecule has 40 heavy (non-hydrogen) atoms. The van der Waals surface area contributed by atoms with Gasteiger partial charge in [-0.25, -0.2) is 26.4 Å². The van der Waals surface area contributed by atoms with E-state index in [-0.39, 0.29) is 35.6 Å². The van der Waals surface area contributed by atoms with Crippen molar-refractivity contribution in [2.45, 2.75) is 0 Å². The molecular weight excluding hydrogens is 564 g/mol. The number of sulfonamides is 2. The number of fused-ring (bicyclic) bond motifs is 2. The van der Waals surface area contributed by atoms with E-state index in [1.54, 1.807) is 36.4 Å². The van der Waals surface area contributed by atoms with Gasteiger partial charge in [0.2, 0.25) is 9.81 Å². The predicted octanol–water partition coefficient (Wildman–Crippen LogP) is 2.84. The second kappa shape index (κ2) is 11.7. The number of aliphatic hydroxyl groups is 2. The number of ether oxygens (including phenoxy) is 2. The van der Waals surface area contributed by atoms with Gasteiger partial charge in [0.05, 0.1) is 38.7 Å². The summed E-state index contributed by atoms with van der Waals surface area (Å²) >= 11 is 0. The first kappa shape index (κ1) is 30.0. The molecule has 0 amide bonds. The Bertz CT molecular complexity index is 1530. The van der Waals surface area contributed by atoms with Crippen LogP contribution in [0.3, 0.4) is 0 Å². The first-order chi connectivity index (χ1) is 18.9. The number of carbonyl (C=O) groups excluding carboxylic acids is 2. The topological polar surface area (TPSA) is 168 Å². The van der Waals surface area contributed by atoms with Gasteiger partial charge in [-0.15, -0.1) is 13.2 Å². The van der Waals surface area contributed by atoms with Crippen molar-refractivity contribution in [2.75, 3.05) is 35.9 Å². The molecule has 2 aliphatic rings. The van der Waals surface area contributed by atoms with E-state index in [1.807, 2.05) is 0 Å². The van der Waals surface area contributed by atoms with Crippen molar-refractivity contribution >= 4 is 54.9 Å². The number of carbonyl (C=O) groups is 2. The molecular formula is C26H26N2O10S2. The van der Waals surface area contributed by atoms with Gasteiger partial charge in [0, 0.05) is 11.1 Å². The summed E-state index contributed by atoms with van der Waals surface area (Å²) in [6.07, 6.45) is 2.79. The van der Waals surface area contributed by atoms with Crippen molar-refractivity contribution in [3.8, 4) is 0 Å². The van der Waals surface area contributed by atoms with E-state index >= 15 is 0 Å². The summed E-state index contributed by atoms with van der Waals surface area (Å²) in [5.41, 5.74) is 1.09. The number of esters is 2. The molecule has 212 valence electrons. The van der Waals surface area contributed by atoms with Gasteiger partial charge in [-0.05, 0) is 24.3 Å². The Balaban J connectivity index is 0.000000220. The van der Waals surface area contributed by atoms with Crippen LogP contribution in [0.15, 0.2) is 83.7 Å². The number of aliphatic hydroxyl groups excluding tert-OH is 2. The van der Waals surface area contributed by atoms with Crippen LogP contribution in [-0.4, -0.2) is 66.3 Å². The van der Waals surface area contributed by atoms with E-state index in [1.165, 1.54) is 24.3 Å². The summed E-state index contributed by atoms with van der Waals surface area (Å²) in [6, 6.07) is 12.7.